The van der Waals surface area contributed by atoms with Gasteiger partial charge in [-0.2, -0.15) is 9.61 Å². The van der Waals surface area contributed by atoms with E-state index in [1.54, 1.807) is 6.07 Å². The number of amides is 1. The third-order valence-electron chi connectivity index (χ3n) is 1.90. The van der Waals surface area contributed by atoms with Gasteiger partial charge in [0.1, 0.15) is 5.69 Å². The van der Waals surface area contributed by atoms with Gasteiger partial charge in [0.25, 0.3) is 5.91 Å². The van der Waals surface area contributed by atoms with Crippen LogP contribution in [0, 0.1) is 0 Å². The van der Waals surface area contributed by atoms with E-state index < -0.39 is 5.91 Å². The molecule has 6 nitrogen and oxygen atoms in total. The summed E-state index contributed by atoms with van der Waals surface area (Å²) >= 11 is 0. The fraction of sp³-hybridized carbons (Fsp3) is 0.250. The predicted molar refractivity (Wildman–Crippen MR) is 48.7 cm³/mol. The van der Waals surface area contributed by atoms with Crippen molar-refractivity contribution >= 4 is 11.6 Å². The Balaban J connectivity index is 2.67. The van der Waals surface area contributed by atoms with Crippen molar-refractivity contribution in [3.8, 4) is 0 Å². The molecule has 6 heteroatoms. The molecular weight excluding hydrogens is 182 g/mol. The smallest absolute Gasteiger partial charge is 0.269 e. The molecule has 72 valence electrons. The minimum absolute atomic E-state index is 0.215. The number of carbonyl (C=O) groups excluding carboxylic acids is 1. The van der Waals surface area contributed by atoms with Gasteiger partial charge >= 0.3 is 0 Å². The van der Waals surface area contributed by atoms with Crippen LogP contribution in [-0.2, 0) is 6.42 Å². The molecule has 14 heavy (non-hydrogen) atoms. The van der Waals surface area contributed by atoms with Crippen molar-refractivity contribution < 1.29 is 4.79 Å². The number of aryl methyl sites for hydroxylation is 1. The first kappa shape index (κ1) is 8.61. The highest BCUT2D eigenvalue weighted by atomic mass is 16.1. The van der Waals surface area contributed by atoms with E-state index in [1.807, 2.05) is 6.92 Å². The Bertz CT molecular complexity index is 489. The first-order chi connectivity index (χ1) is 6.72. The molecule has 0 saturated heterocycles. The lowest BCUT2D eigenvalue weighted by Crippen LogP contribution is -2.15. The Labute approximate surface area is 79.7 Å². The minimum atomic E-state index is -0.553. The van der Waals surface area contributed by atoms with E-state index in [0.29, 0.717) is 17.9 Å². The van der Waals surface area contributed by atoms with Gasteiger partial charge in [-0.15, -0.1) is 10.2 Å². The third-order valence-corrected chi connectivity index (χ3v) is 1.90. The van der Waals surface area contributed by atoms with Crippen LogP contribution in [0.25, 0.3) is 5.65 Å². The summed E-state index contributed by atoms with van der Waals surface area (Å²) in [6, 6.07) is 3.20. The second-order valence-electron chi connectivity index (χ2n) is 2.82. The van der Waals surface area contributed by atoms with Crippen molar-refractivity contribution in [3.05, 3.63) is 23.7 Å². The van der Waals surface area contributed by atoms with Crippen molar-refractivity contribution in [2.24, 2.45) is 5.73 Å². The number of nitrogens with two attached hydrogens (primary N) is 1. The molecule has 0 fully saturated rings. The molecule has 0 aliphatic heterocycles. The average molecular weight is 191 g/mol. The lowest BCUT2D eigenvalue weighted by atomic mass is 10.4. The van der Waals surface area contributed by atoms with Crippen LogP contribution in [0.1, 0.15) is 23.2 Å². The van der Waals surface area contributed by atoms with Crippen LogP contribution >= 0.6 is 0 Å². The van der Waals surface area contributed by atoms with E-state index in [2.05, 4.69) is 15.3 Å². The highest BCUT2D eigenvalue weighted by Gasteiger charge is 2.07. The van der Waals surface area contributed by atoms with E-state index in [-0.39, 0.29) is 5.69 Å². The Morgan fingerprint density at radius 3 is 2.93 bits per heavy atom. The zero-order chi connectivity index (χ0) is 10.1. The van der Waals surface area contributed by atoms with Gasteiger partial charge in [0.2, 0.25) is 0 Å². The monoisotopic (exact) mass is 191 g/mol. The number of carbonyl (C=O) groups is 1. The quantitative estimate of drug-likeness (QED) is 0.711. The van der Waals surface area contributed by atoms with Crippen LogP contribution in [0.4, 0.5) is 0 Å². The van der Waals surface area contributed by atoms with Crippen molar-refractivity contribution in [2.75, 3.05) is 0 Å². The van der Waals surface area contributed by atoms with Gasteiger partial charge in [0.05, 0.1) is 0 Å². The lowest BCUT2D eigenvalue weighted by Gasteiger charge is -1.97. The maximum absolute atomic E-state index is 10.9. The van der Waals surface area contributed by atoms with E-state index in [9.17, 15) is 4.79 Å². The summed E-state index contributed by atoms with van der Waals surface area (Å²) in [6.45, 7) is 1.94. The van der Waals surface area contributed by atoms with Crippen molar-refractivity contribution in [3.63, 3.8) is 0 Å². The van der Waals surface area contributed by atoms with Gasteiger partial charge in [-0.1, -0.05) is 6.92 Å². The molecule has 0 aliphatic carbocycles. The third kappa shape index (κ3) is 1.20. The van der Waals surface area contributed by atoms with Crippen LogP contribution in [0.2, 0.25) is 0 Å². The van der Waals surface area contributed by atoms with Crippen molar-refractivity contribution in [1.29, 1.82) is 0 Å². The lowest BCUT2D eigenvalue weighted by molar-refractivity contribution is 0.0994. The van der Waals surface area contributed by atoms with Gasteiger partial charge in [-0.25, -0.2) is 0 Å². The molecule has 0 unspecified atom stereocenters. The Morgan fingerprint density at radius 1 is 1.50 bits per heavy atom. The summed E-state index contributed by atoms with van der Waals surface area (Å²) in [5.41, 5.74) is 5.94. The van der Waals surface area contributed by atoms with Gasteiger partial charge in [0.15, 0.2) is 11.5 Å². The van der Waals surface area contributed by atoms with Gasteiger partial charge < -0.3 is 5.73 Å². The first-order valence-electron chi connectivity index (χ1n) is 4.23. The molecule has 0 atom stereocenters. The van der Waals surface area contributed by atoms with Gasteiger partial charge in [0, 0.05) is 6.42 Å². The summed E-state index contributed by atoms with van der Waals surface area (Å²) in [7, 11) is 0. The SMILES string of the molecule is CCc1nnc2ccc(C(N)=O)nn12. The van der Waals surface area contributed by atoms with Crippen LogP contribution in [0.15, 0.2) is 12.1 Å². The summed E-state index contributed by atoms with van der Waals surface area (Å²) in [4.78, 5) is 10.9. The van der Waals surface area contributed by atoms with E-state index in [4.69, 9.17) is 5.73 Å². The Hall–Kier alpha value is -1.98. The number of hydrogen-bond donors (Lipinski definition) is 1. The van der Waals surface area contributed by atoms with Crippen LogP contribution in [-0.4, -0.2) is 25.7 Å². The maximum Gasteiger partial charge on any atom is 0.269 e. The molecule has 0 saturated carbocycles. The predicted octanol–water partition coefficient (Wildman–Crippen LogP) is -0.214. The molecule has 2 rings (SSSR count). The summed E-state index contributed by atoms with van der Waals surface area (Å²) in [6.07, 6.45) is 0.705. The largest absolute Gasteiger partial charge is 0.364 e. The molecule has 2 N–H and O–H groups in total. The van der Waals surface area contributed by atoms with Gasteiger partial charge in [-0.05, 0) is 12.1 Å². The second kappa shape index (κ2) is 3.06. The zero-order valence-corrected chi connectivity index (χ0v) is 7.64. The molecule has 1 amide bonds. The number of rotatable bonds is 2. The number of nitrogens with zero attached hydrogens (tertiary/aromatic N) is 4. The van der Waals surface area contributed by atoms with Gasteiger partial charge in [-0.3, -0.25) is 4.79 Å². The zero-order valence-electron chi connectivity index (χ0n) is 7.64. The van der Waals surface area contributed by atoms with Crippen LogP contribution in [0.3, 0.4) is 0 Å². The van der Waals surface area contributed by atoms with E-state index in [0.717, 1.165) is 0 Å². The normalized spacial score (nSPS) is 10.6. The van der Waals surface area contributed by atoms with Crippen LogP contribution in [0.5, 0.6) is 0 Å². The maximum atomic E-state index is 10.9. The molecule has 2 aromatic rings. The molecule has 0 spiro atoms. The number of primary amides is 1. The Kier molecular flexibility index (Phi) is 1.88. The van der Waals surface area contributed by atoms with E-state index in [1.165, 1.54) is 10.6 Å². The molecule has 0 radical (unpaired) electrons. The van der Waals surface area contributed by atoms with Crippen LogP contribution < -0.4 is 5.73 Å². The molecule has 0 aliphatic rings. The number of aromatic nitrogens is 4. The topological polar surface area (TPSA) is 86.2 Å². The first-order valence-corrected chi connectivity index (χ1v) is 4.23. The summed E-state index contributed by atoms with van der Waals surface area (Å²) in [5, 5.41) is 11.8. The summed E-state index contributed by atoms with van der Waals surface area (Å²) < 4.78 is 1.53. The highest BCUT2D eigenvalue weighted by Crippen LogP contribution is 2.03. The fourth-order valence-electron chi connectivity index (χ4n) is 1.19. The average Bonchev–Trinajstić information content (AvgIpc) is 2.59. The standard InChI is InChI=1S/C8H9N5O/c1-2-6-10-11-7-4-3-5(8(9)14)12-13(6)7/h3-4H,2H2,1H3,(H2,9,14). The fourth-order valence-corrected chi connectivity index (χ4v) is 1.19. The molecular formula is C8H9N5O. The summed E-state index contributed by atoms with van der Waals surface area (Å²) in [5.74, 6) is 0.158. The van der Waals surface area contributed by atoms with Crippen molar-refractivity contribution in [1.82, 2.24) is 19.8 Å². The minimum Gasteiger partial charge on any atom is -0.364 e. The second-order valence-corrected chi connectivity index (χ2v) is 2.82. The van der Waals surface area contributed by atoms with Crippen molar-refractivity contribution in [2.45, 2.75) is 13.3 Å². The molecule has 0 aromatic carbocycles. The molecule has 2 aromatic heterocycles. The molecule has 0 bridgehead atoms. The number of hydrogen-bond acceptors (Lipinski definition) is 4. The molecule has 2 heterocycles. The number of fused-ring (bicyclic) bond motifs is 1. The Morgan fingerprint density at radius 2 is 2.29 bits per heavy atom. The highest BCUT2D eigenvalue weighted by molar-refractivity contribution is 5.90. The van der Waals surface area contributed by atoms with E-state index >= 15 is 0 Å².